The number of rotatable bonds is 4. The Morgan fingerprint density at radius 1 is 0.897 bits per heavy atom. The van der Waals surface area contributed by atoms with Gasteiger partial charge in [-0.25, -0.2) is 4.98 Å². The zero-order valence-corrected chi connectivity index (χ0v) is 15.8. The minimum Gasteiger partial charge on any atom is -0.298 e. The Balaban J connectivity index is 1.51. The number of fused-ring (bicyclic) bond motifs is 1. The molecule has 0 saturated heterocycles. The summed E-state index contributed by atoms with van der Waals surface area (Å²) in [5.74, 6) is -0.413. The summed E-state index contributed by atoms with van der Waals surface area (Å²) >= 11 is 1.01. The molecule has 0 aliphatic rings. The fourth-order valence-electron chi connectivity index (χ4n) is 3.01. The van der Waals surface area contributed by atoms with E-state index >= 15 is 0 Å². The lowest BCUT2D eigenvalue weighted by Crippen LogP contribution is -2.11. The monoisotopic (exact) mass is 412 g/mol. The summed E-state index contributed by atoms with van der Waals surface area (Å²) in [6.07, 6.45) is -3.75. The number of carbonyl (C=O) groups is 1. The molecule has 1 aromatic heterocycles. The Labute approximate surface area is 168 Å². The van der Waals surface area contributed by atoms with Crippen molar-refractivity contribution in [1.82, 2.24) is 4.98 Å². The minimum absolute atomic E-state index is 0.134. The summed E-state index contributed by atoms with van der Waals surface area (Å²) in [5, 5.41) is 2.73. The first kappa shape index (κ1) is 19.1. The SMILES string of the molecule is O=C(Nc1nc2c(C(F)(F)F)cccc2s1)c1ccc(Cc2ccccc2)cc1. The maximum absolute atomic E-state index is 13.1. The zero-order chi connectivity index (χ0) is 20.4. The number of amides is 1. The van der Waals surface area contributed by atoms with E-state index < -0.39 is 17.6 Å². The standard InChI is InChI=1S/C22H15F3N2OS/c23-22(24,25)17-7-4-8-18-19(17)26-21(29-18)27-20(28)16-11-9-15(10-12-16)13-14-5-2-1-3-6-14/h1-12H,13H2,(H,26,27,28). The molecule has 7 heteroatoms. The van der Waals surface area contributed by atoms with Crippen LogP contribution in [0.3, 0.4) is 0 Å². The molecule has 146 valence electrons. The first-order chi connectivity index (χ1) is 13.9. The van der Waals surface area contributed by atoms with Crippen molar-refractivity contribution in [2.24, 2.45) is 0 Å². The average molecular weight is 412 g/mol. The summed E-state index contributed by atoms with van der Waals surface area (Å²) in [6.45, 7) is 0. The first-order valence-electron chi connectivity index (χ1n) is 8.81. The summed E-state index contributed by atoms with van der Waals surface area (Å²) < 4.78 is 39.7. The normalized spacial score (nSPS) is 11.6. The average Bonchev–Trinajstić information content (AvgIpc) is 3.10. The van der Waals surface area contributed by atoms with Gasteiger partial charge in [-0.05, 0) is 41.8 Å². The van der Waals surface area contributed by atoms with Crippen molar-refractivity contribution in [3.63, 3.8) is 0 Å². The molecule has 0 spiro atoms. The molecule has 29 heavy (non-hydrogen) atoms. The van der Waals surface area contributed by atoms with Crippen LogP contribution in [0, 0.1) is 0 Å². The predicted octanol–water partition coefficient (Wildman–Crippen LogP) is 6.16. The Hall–Kier alpha value is -3.19. The van der Waals surface area contributed by atoms with E-state index in [4.69, 9.17) is 0 Å². The number of nitrogens with one attached hydrogen (secondary N) is 1. The van der Waals surface area contributed by atoms with Gasteiger partial charge in [-0.1, -0.05) is 59.9 Å². The molecule has 1 N–H and O–H groups in total. The van der Waals surface area contributed by atoms with Gasteiger partial charge in [0.1, 0.15) is 0 Å². The van der Waals surface area contributed by atoms with E-state index in [1.54, 1.807) is 18.2 Å². The second kappa shape index (κ2) is 7.67. The van der Waals surface area contributed by atoms with Crippen LogP contribution >= 0.6 is 11.3 Å². The van der Waals surface area contributed by atoms with Crippen LogP contribution in [0.2, 0.25) is 0 Å². The van der Waals surface area contributed by atoms with Crippen molar-refractivity contribution >= 4 is 32.6 Å². The summed E-state index contributed by atoms with van der Waals surface area (Å²) in [6, 6.07) is 20.9. The molecule has 0 aliphatic heterocycles. The number of halogens is 3. The molecular weight excluding hydrogens is 397 g/mol. The van der Waals surface area contributed by atoms with E-state index in [-0.39, 0.29) is 10.6 Å². The largest absolute Gasteiger partial charge is 0.418 e. The Bertz CT molecular complexity index is 1150. The first-order valence-corrected chi connectivity index (χ1v) is 9.63. The lowest BCUT2D eigenvalue weighted by molar-refractivity contribution is -0.136. The molecule has 1 amide bonds. The summed E-state index contributed by atoms with van der Waals surface area (Å²) in [7, 11) is 0. The van der Waals surface area contributed by atoms with Gasteiger partial charge < -0.3 is 0 Å². The second-order valence-corrected chi connectivity index (χ2v) is 7.51. The highest BCUT2D eigenvalue weighted by molar-refractivity contribution is 7.22. The van der Waals surface area contributed by atoms with Crippen LogP contribution in [0.15, 0.2) is 72.8 Å². The quantitative estimate of drug-likeness (QED) is 0.436. The number of anilines is 1. The van der Waals surface area contributed by atoms with Crippen molar-refractivity contribution in [3.05, 3.63) is 95.1 Å². The van der Waals surface area contributed by atoms with Gasteiger partial charge >= 0.3 is 6.18 Å². The van der Waals surface area contributed by atoms with E-state index in [1.165, 1.54) is 11.6 Å². The van der Waals surface area contributed by atoms with Gasteiger partial charge in [-0.3, -0.25) is 10.1 Å². The van der Waals surface area contributed by atoms with Gasteiger partial charge in [-0.15, -0.1) is 0 Å². The summed E-state index contributed by atoms with van der Waals surface area (Å²) in [5.41, 5.74) is 1.68. The van der Waals surface area contributed by atoms with E-state index in [2.05, 4.69) is 10.3 Å². The highest BCUT2D eigenvalue weighted by Gasteiger charge is 2.33. The molecular formula is C22H15F3N2OS. The fourth-order valence-corrected chi connectivity index (χ4v) is 3.89. The van der Waals surface area contributed by atoms with Gasteiger partial charge in [0.15, 0.2) is 5.13 Å². The van der Waals surface area contributed by atoms with Gasteiger partial charge in [0, 0.05) is 5.56 Å². The second-order valence-electron chi connectivity index (χ2n) is 6.48. The molecule has 0 saturated carbocycles. The highest BCUT2D eigenvalue weighted by Crippen LogP contribution is 2.37. The van der Waals surface area contributed by atoms with Gasteiger partial charge in [0.25, 0.3) is 5.91 Å². The van der Waals surface area contributed by atoms with Crippen molar-refractivity contribution in [2.45, 2.75) is 12.6 Å². The Kier molecular flexibility index (Phi) is 5.07. The molecule has 0 fully saturated rings. The molecule has 3 aromatic carbocycles. The molecule has 0 radical (unpaired) electrons. The number of para-hydroxylation sites is 1. The molecule has 0 unspecified atom stereocenters. The Morgan fingerprint density at radius 2 is 1.59 bits per heavy atom. The van der Waals surface area contributed by atoms with Crippen LogP contribution in [0.5, 0.6) is 0 Å². The van der Waals surface area contributed by atoms with E-state index in [1.807, 2.05) is 42.5 Å². The van der Waals surface area contributed by atoms with Gasteiger partial charge in [-0.2, -0.15) is 13.2 Å². The van der Waals surface area contributed by atoms with E-state index in [9.17, 15) is 18.0 Å². The highest BCUT2D eigenvalue weighted by atomic mass is 32.1. The fraction of sp³-hybridized carbons (Fsp3) is 0.0909. The van der Waals surface area contributed by atoms with Crippen LogP contribution < -0.4 is 5.32 Å². The number of hydrogen-bond donors (Lipinski definition) is 1. The maximum Gasteiger partial charge on any atom is 0.418 e. The van der Waals surface area contributed by atoms with Crippen LogP contribution in [0.1, 0.15) is 27.0 Å². The van der Waals surface area contributed by atoms with Crippen molar-refractivity contribution in [3.8, 4) is 0 Å². The molecule has 3 nitrogen and oxygen atoms in total. The number of hydrogen-bond acceptors (Lipinski definition) is 3. The third kappa shape index (κ3) is 4.30. The summed E-state index contributed by atoms with van der Waals surface area (Å²) in [4.78, 5) is 16.5. The third-order valence-electron chi connectivity index (χ3n) is 4.41. The lowest BCUT2D eigenvalue weighted by atomic mass is 10.0. The smallest absolute Gasteiger partial charge is 0.298 e. The molecule has 1 heterocycles. The van der Waals surface area contributed by atoms with Crippen LogP contribution in [-0.4, -0.2) is 10.9 Å². The van der Waals surface area contributed by atoms with Crippen molar-refractivity contribution < 1.29 is 18.0 Å². The molecule has 0 aliphatic carbocycles. The van der Waals surface area contributed by atoms with Gasteiger partial charge in [0.05, 0.1) is 15.8 Å². The van der Waals surface area contributed by atoms with Gasteiger partial charge in [0.2, 0.25) is 0 Å². The lowest BCUT2D eigenvalue weighted by Gasteiger charge is -2.06. The van der Waals surface area contributed by atoms with E-state index in [0.717, 1.165) is 29.4 Å². The topological polar surface area (TPSA) is 42.0 Å². The molecule has 0 bridgehead atoms. The Morgan fingerprint density at radius 3 is 2.28 bits per heavy atom. The molecule has 4 rings (SSSR count). The molecule has 4 aromatic rings. The number of alkyl halides is 3. The van der Waals surface area contributed by atoms with E-state index in [0.29, 0.717) is 10.3 Å². The number of benzene rings is 3. The number of carbonyl (C=O) groups excluding carboxylic acids is 1. The van der Waals surface area contributed by atoms with Crippen LogP contribution in [0.25, 0.3) is 10.2 Å². The van der Waals surface area contributed by atoms with Crippen molar-refractivity contribution in [2.75, 3.05) is 5.32 Å². The van der Waals surface area contributed by atoms with Crippen LogP contribution in [-0.2, 0) is 12.6 Å². The number of nitrogens with zero attached hydrogens (tertiary/aromatic N) is 1. The minimum atomic E-state index is -4.50. The van der Waals surface area contributed by atoms with Crippen LogP contribution in [0.4, 0.5) is 18.3 Å². The molecule has 0 atom stereocenters. The third-order valence-corrected chi connectivity index (χ3v) is 5.35. The van der Waals surface area contributed by atoms with Crippen molar-refractivity contribution in [1.29, 1.82) is 0 Å². The number of aromatic nitrogens is 1. The number of thiazole rings is 1. The maximum atomic E-state index is 13.1. The predicted molar refractivity (Wildman–Crippen MR) is 108 cm³/mol. The zero-order valence-electron chi connectivity index (χ0n) is 15.0.